The van der Waals surface area contributed by atoms with Crippen LogP contribution in [0.1, 0.15) is 30.9 Å². The Bertz CT molecular complexity index is 931. The Hall–Kier alpha value is -2.02. The number of aryl methyl sites for hydroxylation is 2. The third-order valence-electron chi connectivity index (χ3n) is 5.74. The smallest absolute Gasteiger partial charge is 0.141 e. The number of fused-ring (bicyclic) bond motifs is 1. The molecule has 1 aliphatic rings. The first-order chi connectivity index (χ1) is 13.6. The van der Waals surface area contributed by atoms with E-state index in [9.17, 15) is 0 Å². The number of pyridine rings is 1. The molecule has 2 aromatic heterocycles. The molecule has 150 valence electrons. The maximum absolute atomic E-state index is 6.35. The van der Waals surface area contributed by atoms with Crippen LogP contribution in [0.2, 0.25) is 0 Å². The minimum Gasteiger partial charge on any atom is -0.492 e. The number of nitrogens with two attached hydrogens (primary N) is 1. The fourth-order valence-corrected chi connectivity index (χ4v) is 3.71. The Labute approximate surface area is 172 Å². The number of ether oxygens (including phenoxy) is 1. The van der Waals surface area contributed by atoms with Gasteiger partial charge < -0.3 is 15.0 Å². The molecule has 0 aliphatic carbocycles. The lowest BCUT2D eigenvalue weighted by atomic mass is 9.82. The van der Waals surface area contributed by atoms with Crippen molar-refractivity contribution < 1.29 is 4.74 Å². The molecule has 28 heavy (non-hydrogen) atoms. The predicted octanol–water partition coefficient (Wildman–Crippen LogP) is 4.41. The molecule has 0 saturated carbocycles. The topological polar surface area (TPSA) is 76.0 Å². The van der Waals surface area contributed by atoms with E-state index in [2.05, 4.69) is 72.2 Å². The molecule has 3 aromatic rings. The molecular formula is C22H30N4OS. The van der Waals surface area contributed by atoms with Crippen molar-refractivity contribution in [2.75, 3.05) is 19.7 Å². The van der Waals surface area contributed by atoms with Gasteiger partial charge in [0.2, 0.25) is 0 Å². The Kier molecular flexibility index (Phi) is 6.65. The minimum absolute atomic E-state index is 0.234. The number of aromatic amines is 1. The van der Waals surface area contributed by atoms with Crippen molar-refractivity contribution in [2.24, 2.45) is 10.6 Å². The first-order valence-electron chi connectivity index (χ1n) is 9.69. The molecule has 0 bridgehead atoms. The zero-order chi connectivity index (χ0) is 20.1. The van der Waals surface area contributed by atoms with Crippen LogP contribution in [0.25, 0.3) is 22.2 Å². The van der Waals surface area contributed by atoms with Crippen molar-refractivity contribution in [3.05, 3.63) is 47.8 Å². The molecule has 0 amide bonds. The van der Waals surface area contributed by atoms with Gasteiger partial charge in [-0.2, -0.15) is 0 Å². The van der Waals surface area contributed by atoms with Crippen LogP contribution in [-0.2, 0) is 0 Å². The predicted molar refractivity (Wildman–Crippen MR) is 120 cm³/mol. The van der Waals surface area contributed by atoms with E-state index >= 15 is 0 Å². The summed E-state index contributed by atoms with van der Waals surface area (Å²) in [5.41, 5.74) is 6.07. The summed E-state index contributed by atoms with van der Waals surface area (Å²) < 4.78 is 6.35. The SMILES string of the molecule is Cc1ccc(-c2c[nH]c3nccc(OCC4(C)CCNCC4)c23)cc1C.NS. The molecular weight excluding hydrogens is 368 g/mol. The van der Waals surface area contributed by atoms with E-state index in [4.69, 9.17) is 4.74 Å². The monoisotopic (exact) mass is 398 g/mol. The molecule has 4 N–H and O–H groups in total. The highest BCUT2D eigenvalue weighted by Crippen LogP contribution is 2.36. The van der Waals surface area contributed by atoms with Crippen molar-refractivity contribution in [3.8, 4) is 16.9 Å². The number of hydrogen-bond acceptors (Lipinski definition) is 5. The molecule has 1 saturated heterocycles. The molecule has 1 aliphatic heterocycles. The minimum atomic E-state index is 0.234. The van der Waals surface area contributed by atoms with Gasteiger partial charge in [-0.25, -0.2) is 4.98 Å². The lowest BCUT2D eigenvalue weighted by Gasteiger charge is -2.33. The summed E-state index contributed by atoms with van der Waals surface area (Å²) in [6, 6.07) is 8.58. The van der Waals surface area contributed by atoms with Crippen LogP contribution in [0.3, 0.4) is 0 Å². The maximum Gasteiger partial charge on any atom is 0.141 e. The molecule has 4 rings (SSSR count). The van der Waals surface area contributed by atoms with Gasteiger partial charge in [0.05, 0.1) is 12.0 Å². The van der Waals surface area contributed by atoms with Gasteiger partial charge in [-0.15, -0.1) is 12.8 Å². The lowest BCUT2D eigenvalue weighted by molar-refractivity contribution is 0.124. The average molecular weight is 399 g/mol. The summed E-state index contributed by atoms with van der Waals surface area (Å²) in [6.07, 6.45) is 6.17. The van der Waals surface area contributed by atoms with Gasteiger partial charge in [0.1, 0.15) is 11.4 Å². The normalized spacial score (nSPS) is 15.8. The summed E-state index contributed by atoms with van der Waals surface area (Å²) >= 11 is 3.03. The van der Waals surface area contributed by atoms with Gasteiger partial charge >= 0.3 is 0 Å². The highest BCUT2D eigenvalue weighted by Gasteiger charge is 2.28. The summed E-state index contributed by atoms with van der Waals surface area (Å²) in [7, 11) is 0. The van der Waals surface area contributed by atoms with Crippen molar-refractivity contribution in [2.45, 2.75) is 33.6 Å². The van der Waals surface area contributed by atoms with Gasteiger partial charge in [-0.05, 0) is 62.5 Å². The Balaban J connectivity index is 0.00000109. The number of nitrogens with one attached hydrogen (secondary N) is 2. The average Bonchev–Trinajstić information content (AvgIpc) is 3.15. The number of aromatic nitrogens is 2. The zero-order valence-corrected chi connectivity index (χ0v) is 17.8. The Morgan fingerprint density at radius 3 is 2.61 bits per heavy atom. The van der Waals surface area contributed by atoms with E-state index in [0.29, 0.717) is 0 Å². The van der Waals surface area contributed by atoms with Crippen molar-refractivity contribution in [1.82, 2.24) is 15.3 Å². The van der Waals surface area contributed by atoms with E-state index in [-0.39, 0.29) is 5.41 Å². The Morgan fingerprint density at radius 2 is 1.89 bits per heavy atom. The van der Waals surface area contributed by atoms with Gasteiger partial charge in [-0.3, -0.25) is 5.14 Å². The molecule has 0 radical (unpaired) electrons. The first-order valence-corrected chi connectivity index (χ1v) is 10.2. The number of benzene rings is 1. The third kappa shape index (κ3) is 4.35. The molecule has 1 fully saturated rings. The highest BCUT2D eigenvalue weighted by molar-refractivity contribution is 7.77. The number of nitrogens with zero attached hydrogens (tertiary/aromatic N) is 1. The molecule has 0 spiro atoms. The summed E-state index contributed by atoms with van der Waals surface area (Å²) in [6.45, 7) is 9.51. The van der Waals surface area contributed by atoms with E-state index in [1.165, 1.54) is 16.7 Å². The Morgan fingerprint density at radius 1 is 1.14 bits per heavy atom. The standard InChI is InChI=1S/C22H27N3O.H3NS/c1-15-4-5-17(12-16(15)2)18-13-25-21-20(18)19(6-9-24-21)26-14-22(3)7-10-23-11-8-22;1-2/h4-6,9,12-13,23H,7-8,10-11,14H2,1-3H3,(H,24,25);2H,1H2. The van der Waals surface area contributed by atoms with E-state index < -0.39 is 0 Å². The van der Waals surface area contributed by atoms with Crippen LogP contribution in [-0.4, -0.2) is 29.7 Å². The van der Waals surface area contributed by atoms with Gasteiger partial charge in [0.15, 0.2) is 0 Å². The number of hydrogen-bond donors (Lipinski definition) is 4. The second-order valence-corrected chi connectivity index (χ2v) is 7.88. The van der Waals surface area contributed by atoms with E-state index in [1.807, 2.05) is 18.5 Å². The molecule has 0 unspecified atom stereocenters. The summed E-state index contributed by atoms with van der Waals surface area (Å²) in [5.74, 6) is 0.921. The lowest BCUT2D eigenvalue weighted by Crippen LogP contribution is -2.38. The van der Waals surface area contributed by atoms with E-state index in [1.54, 1.807) is 0 Å². The molecule has 6 heteroatoms. The molecule has 3 heterocycles. The molecule has 0 atom stereocenters. The van der Waals surface area contributed by atoms with Gasteiger partial charge in [-0.1, -0.05) is 25.1 Å². The van der Waals surface area contributed by atoms with Crippen LogP contribution in [0.4, 0.5) is 0 Å². The van der Waals surface area contributed by atoms with Gasteiger partial charge in [0.25, 0.3) is 0 Å². The zero-order valence-electron chi connectivity index (χ0n) is 16.9. The van der Waals surface area contributed by atoms with Crippen LogP contribution in [0.5, 0.6) is 5.75 Å². The largest absolute Gasteiger partial charge is 0.492 e. The quantitative estimate of drug-likeness (QED) is 0.491. The molecule has 1 aromatic carbocycles. The number of piperidine rings is 1. The fraction of sp³-hybridized carbons (Fsp3) is 0.409. The fourth-order valence-electron chi connectivity index (χ4n) is 3.71. The second kappa shape index (κ2) is 8.99. The van der Waals surface area contributed by atoms with Gasteiger partial charge in [0, 0.05) is 23.4 Å². The highest BCUT2D eigenvalue weighted by atomic mass is 32.1. The van der Waals surface area contributed by atoms with Crippen molar-refractivity contribution in [1.29, 1.82) is 0 Å². The van der Waals surface area contributed by atoms with Crippen LogP contribution in [0, 0.1) is 19.3 Å². The third-order valence-corrected chi connectivity index (χ3v) is 5.74. The van der Waals surface area contributed by atoms with Crippen LogP contribution in [0.15, 0.2) is 36.7 Å². The first kappa shape index (κ1) is 20.7. The number of thiol groups is 1. The maximum atomic E-state index is 6.35. The van der Waals surface area contributed by atoms with Crippen LogP contribution < -0.4 is 15.2 Å². The number of H-pyrrole nitrogens is 1. The van der Waals surface area contributed by atoms with E-state index in [0.717, 1.165) is 54.9 Å². The summed E-state index contributed by atoms with van der Waals surface area (Å²) in [4.78, 5) is 7.80. The second-order valence-electron chi connectivity index (χ2n) is 7.88. The summed E-state index contributed by atoms with van der Waals surface area (Å²) in [5, 5.41) is 8.71. The van der Waals surface area contributed by atoms with Crippen molar-refractivity contribution >= 4 is 23.8 Å². The van der Waals surface area contributed by atoms with Crippen LogP contribution >= 0.6 is 12.8 Å². The van der Waals surface area contributed by atoms with Crippen molar-refractivity contribution in [3.63, 3.8) is 0 Å². The molecule has 5 nitrogen and oxygen atoms in total. The number of rotatable bonds is 4.